The van der Waals surface area contributed by atoms with Crippen LogP contribution < -0.4 is 0 Å². The molecule has 5 aromatic rings. The number of pyridine rings is 2. The first-order valence-electron chi connectivity index (χ1n) is 18.3. The van der Waals surface area contributed by atoms with Crippen molar-refractivity contribution in [2.45, 2.75) is 75.9 Å². The number of fused-ring (bicyclic) bond motifs is 8. The van der Waals surface area contributed by atoms with Crippen LogP contribution in [0.5, 0.6) is 0 Å². The van der Waals surface area contributed by atoms with Gasteiger partial charge in [-0.05, 0) is 79.0 Å². The molecule has 8 heterocycles. The number of aliphatic hydroxyl groups excluding tert-OH is 2. The van der Waals surface area contributed by atoms with Gasteiger partial charge in [0.15, 0.2) is 0 Å². The number of rotatable bonds is 8. The lowest BCUT2D eigenvalue weighted by Crippen LogP contribution is -2.65. The van der Waals surface area contributed by atoms with Gasteiger partial charge in [-0.2, -0.15) is 0 Å². The molecule has 0 unspecified atom stereocenters. The largest absolute Gasteiger partial charge is 0.382 e. The van der Waals surface area contributed by atoms with Crippen molar-refractivity contribution >= 4 is 21.8 Å². The second-order valence-corrected chi connectivity index (χ2v) is 15.7. The fourth-order valence-corrected chi connectivity index (χ4v) is 10.7. The van der Waals surface area contributed by atoms with Crippen LogP contribution in [0.2, 0.25) is 0 Å². The van der Waals surface area contributed by atoms with Crippen LogP contribution in [0.15, 0.2) is 97.3 Å². The Hall–Kier alpha value is -3.68. The van der Waals surface area contributed by atoms with Crippen LogP contribution in [0.25, 0.3) is 21.8 Å². The molecule has 4 atom stereocenters. The maximum atomic E-state index is 12.1. The first kappa shape index (κ1) is 30.4. The summed E-state index contributed by atoms with van der Waals surface area (Å²) < 4.78 is 1.94. The molecule has 0 amide bonds. The highest BCUT2D eigenvalue weighted by molar-refractivity contribution is 5.83. The number of aliphatic hydroxyl groups is 2. The lowest BCUT2D eigenvalue weighted by molar-refractivity contribution is -0.982. The van der Waals surface area contributed by atoms with Crippen molar-refractivity contribution in [3.05, 3.63) is 120 Å². The summed E-state index contributed by atoms with van der Waals surface area (Å²) in [6.07, 6.45) is 9.90. The molecule has 3 aromatic carbocycles. The number of nitrogens with zero attached hydrogens (tertiary/aromatic N) is 4. The van der Waals surface area contributed by atoms with Gasteiger partial charge in [-0.3, -0.25) is 9.97 Å². The van der Waals surface area contributed by atoms with Gasteiger partial charge in [0.05, 0.1) is 37.2 Å². The lowest BCUT2D eigenvalue weighted by atomic mass is 9.76. The number of benzene rings is 3. The van der Waals surface area contributed by atoms with Crippen molar-refractivity contribution in [1.82, 2.24) is 9.97 Å². The van der Waals surface area contributed by atoms with Crippen molar-refractivity contribution in [2.24, 2.45) is 11.8 Å². The minimum absolute atomic E-state index is 0.185. The van der Waals surface area contributed by atoms with Crippen LogP contribution in [-0.2, 0) is 13.1 Å². The van der Waals surface area contributed by atoms with Crippen LogP contribution in [-0.4, -0.2) is 67.4 Å². The molecule has 4 bridgehead atoms. The Balaban J connectivity index is 1.00. The molecule has 6 aliphatic rings. The quantitative estimate of drug-likeness (QED) is 0.176. The molecule has 2 aromatic heterocycles. The minimum atomic E-state index is -0.510. The van der Waals surface area contributed by atoms with Crippen LogP contribution in [0.3, 0.4) is 0 Å². The summed E-state index contributed by atoms with van der Waals surface area (Å²) in [6, 6.07) is 30.3. The average Bonchev–Trinajstić information content (AvgIpc) is 3.14. The van der Waals surface area contributed by atoms with Gasteiger partial charge in [-0.1, -0.05) is 54.6 Å². The zero-order chi connectivity index (χ0) is 32.3. The Morgan fingerprint density at radius 1 is 0.562 bits per heavy atom. The summed E-state index contributed by atoms with van der Waals surface area (Å²) in [5.41, 5.74) is 6.73. The van der Waals surface area contributed by atoms with E-state index in [4.69, 9.17) is 0 Å². The number of quaternary nitrogens is 2. The third-order valence-corrected chi connectivity index (χ3v) is 13.2. The van der Waals surface area contributed by atoms with E-state index in [2.05, 4.69) is 58.5 Å². The zero-order valence-corrected chi connectivity index (χ0v) is 27.9. The van der Waals surface area contributed by atoms with E-state index in [0.29, 0.717) is 11.8 Å². The number of para-hydroxylation sites is 2. The van der Waals surface area contributed by atoms with Crippen LogP contribution >= 0.6 is 0 Å². The molecule has 6 fully saturated rings. The maximum Gasteiger partial charge on any atom is 0.131 e. The fraction of sp³-hybridized carbons (Fsp3) is 0.429. The third kappa shape index (κ3) is 5.16. The molecule has 6 saturated heterocycles. The Morgan fingerprint density at radius 2 is 1.00 bits per heavy atom. The normalized spacial score (nSPS) is 30.9. The first-order chi connectivity index (χ1) is 23.5. The molecule has 0 radical (unpaired) electrons. The van der Waals surface area contributed by atoms with Gasteiger partial charge >= 0.3 is 0 Å². The standard InChI is InChI=1S/C42H48N4O2/c47-41(35-12-18-43-37-10-3-1-8-33(35)37)39-25-29-14-20-45(39,21-15-29)27-31-6-5-7-32(24-31)28-46-22-16-30(17-23-46)26-40(46)42(48)36-13-19-44-38-11-4-2-9-34(36)38/h1-13,18-19,24,29-30,39-42,47-48H,14-17,20-23,25-28H2/q+2/t29?,30?,39-,40-,41+,42+,45?,46?/m1/s1. The summed E-state index contributed by atoms with van der Waals surface area (Å²) in [6.45, 7) is 6.46. The van der Waals surface area contributed by atoms with Gasteiger partial charge in [-0.25, -0.2) is 0 Å². The predicted octanol–water partition coefficient (Wildman–Crippen LogP) is 7.25. The molecule has 6 aliphatic heterocycles. The van der Waals surface area contributed by atoms with Gasteiger partial charge in [0.25, 0.3) is 0 Å². The molecule has 48 heavy (non-hydrogen) atoms. The highest BCUT2D eigenvalue weighted by atomic mass is 16.3. The van der Waals surface area contributed by atoms with Gasteiger partial charge < -0.3 is 19.2 Å². The molecule has 0 spiro atoms. The van der Waals surface area contributed by atoms with Gasteiger partial charge in [-0.15, -0.1) is 0 Å². The van der Waals surface area contributed by atoms with E-state index < -0.39 is 12.2 Å². The van der Waals surface area contributed by atoms with Crippen molar-refractivity contribution in [3.63, 3.8) is 0 Å². The third-order valence-electron chi connectivity index (χ3n) is 13.2. The van der Waals surface area contributed by atoms with Crippen molar-refractivity contribution in [1.29, 1.82) is 0 Å². The summed E-state index contributed by atoms with van der Waals surface area (Å²) in [7, 11) is 0. The van der Waals surface area contributed by atoms with Crippen molar-refractivity contribution < 1.29 is 19.2 Å². The molecule has 2 N–H and O–H groups in total. The monoisotopic (exact) mass is 640 g/mol. The van der Waals surface area contributed by atoms with E-state index in [1.165, 1.54) is 36.8 Å². The molecular formula is C42H48N4O2+2. The van der Waals surface area contributed by atoms with Crippen molar-refractivity contribution in [2.75, 3.05) is 26.2 Å². The molecule has 246 valence electrons. The fourth-order valence-electron chi connectivity index (χ4n) is 10.7. The Bertz CT molecular complexity index is 1800. The molecule has 0 aliphatic carbocycles. The maximum absolute atomic E-state index is 12.1. The Labute approximate surface area is 283 Å². The zero-order valence-electron chi connectivity index (χ0n) is 27.9. The van der Waals surface area contributed by atoms with Gasteiger partial charge in [0, 0.05) is 47.1 Å². The van der Waals surface area contributed by atoms with E-state index in [0.717, 1.165) is 94.0 Å². The number of hydrogen-bond acceptors (Lipinski definition) is 4. The number of hydrogen-bond donors (Lipinski definition) is 2. The molecule has 11 rings (SSSR count). The Kier molecular flexibility index (Phi) is 7.61. The number of aromatic nitrogens is 2. The summed E-state index contributed by atoms with van der Waals surface area (Å²) in [5.74, 6) is 1.42. The van der Waals surface area contributed by atoms with Crippen molar-refractivity contribution in [3.8, 4) is 0 Å². The van der Waals surface area contributed by atoms with E-state index in [1.54, 1.807) is 0 Å². The summed E-state index contributed by atoms with van der Waals surface area (Å²) in [5, 5.41) is 26.4. The predicted molar refractivity (Wildman–Crippen MR) is 190 cm³/mol. The van der Waals surface area contributed by atoms with E-state index >= 15 is 0 Å². The Morgan fingerprint density at radius 3 is 1.46 bits per heavy atom. The highest BCUT2D eigenvalue weighted by Gasteiger charge is 2.52. The SMILES string of the molecule is O[C@@H](c1ccnc2ccccc12)[C@H]1CC2CC[N+]1(Cc1cccc(C[N+]34CCC(CC3)C[C@@H]4[C@@H](O)c3ccnc4ccccc34)c1)CC2. The average molecular weight is 641 g/mol. The molecule has 0 saturated carbocycles. The first-order valence-corrected chi connectivity index (χ1v) is 18.3. The highest BCUT2D eigenvalue weighted by Crippen LogP contribution is 2.47. The van der Waals surface area contributed by atoms with Crippen LogP contribution in [0, 0.1) is 11.8 Å². The van der Waals surface area contributed by atoms with Gasteiger partial charge in [0.2, 0.25) is 0 Å². The topological polar surface area (TPSA) is 66.2 Å². The summed E-state index contributed by atoms with van der Waals surface area (Å²) in [4.78, 5) is 9.17. The van der Waals surface area contributed by atoms with Crippen LogP contribution in [0.4, 0.5) is 0 Å². The van der Waals surface area contributed by atoms with E-state index in [-0.39, 0.29) is 12.1 Å². The second-order valence-electron chi connectivity index (χ2n) is 15.7. The minimum Gasteiger partial charge on any atom is -0.382 e. The molecule has 6 heteroatoms. The van der Waals surface area contributed by atoms with E-state index in [9.17, 15) is 10.2 Å². The summed E-state index contributed by atoms with van der Waals surface area (Å²) >= 11 is 0. The van der Waals surface area contributed by atoms with Gasteiger partial charge in [0.1, 0.15) is 37.4 Å². The second kappa shape index (κ2) is 12.0. The van der Waals surface area contributed by atoms with E-state index in [1.807, 2.05) is 48.8 Å². The molecular weight excluding hydrogens is 592 g/mol. The smallest absolute Gasteiger partial charge is 0.131 e. The van der Waals surface area contributed by atoms with Crippen LogP contribution in [0.1, 0.15) is 73.0 Å². The number of piperidine rings is 6. The lowest BCUT2D eigenvalue weighted by Gasteiger charge is -2.56. The molecule has 6 nitrogen and oxygen atoms in total.